The highest BCUT2D eigenvalue weighted by atomic mass is 15.0. The lowest BCUT2D eigenvalue weighted by atomic mass is 9.99. The number of hydrogen-bond donors (Lipinski definition) is 0. The van der Waals surface area contributed by atoms with Crippen LogP contribution >= 0.6 is 0 Å². The molecule has 158 valence electrons. The van der Waals surface area contributed by atoms with Crippen LogP contribution in [0.25, 0.3) is 38.6 Å². The molecule has 0 spiro atoms. The van der Waals surface area contributed by atoms with Crippen molar-refractivity contribution >= 4 is 21.8 Å². The van der Waals surface area contributed by atoms with Crippen molar-refractivity contribution in [2.75, 3.05) is 0 Å². The van der Waals surface area contributed by atoms with Gasteiger partial charge in [0.2, 0.25) is 0 Å². The lowest BCUT2D eigenvalue weighted by molar-refractivity contribution is 1.17. The molecule has 0 saturated carbocycles. The molecule has 0 aliphatic heterocycles. The standard InChI is InChI=1S/C32H25N/c1-23-11-18-28(19-12-23)33-31-10-6-5-9-29(31)30-22-27(17-20-32(30)33)26-15-13-25(14-16-26)21-24-7-3-2-4-8-24/h2-20,22H,21H2,1H3. The molecule has 0 aliphatic rings. The van der Waals surface area contributed by atoms with Crippen LogP contribution in [0.2, 0.25) is 0 Å². The third kappa shape index (κ3) is 3.62. The van der Waals surface area contributed by atoms with Crippen LogP contribution in [0.4, 0.5) is 0 Å². The van der Waals surface area contributed by atoms with Gasteiger partial charge in [0.05, 0.1) is 11.0 Å². The Hall–Kier alpha value is -4.10. The summed E-state index contributed by atoms with van der Waals surface area (Å²) in [7, 11) is 0. The fourth-order valence-corrected chi connectivity index (χ4v) is 4.77. The molecule has 0 atom stereocenters. The van der Waals surface area contributed by atoms with Crippen LogP contribution in [-0.4, -0.2) is 4.57 Å². The lowest BCUT2D eigenvalue weighted by Crippen LogP contribution is -1.93. The fourth-order valence-electron chi connectivity index (χ4n) is 4.77. The van der Waals surface area contributed by atoms with Gasteiger partial charge < -0.3 is 4.57 Å². The summed E-state index contributed by atoms with van der Waals surface area (Å²) in [5.74, 6) is 0. The van der Waals surface area contributed by atoms with E-state index < -0.39 is 0 Å². The second kappa shape index (κ2) is 8.11. The van der Waals surface area contributed by atoms with E-state index in [-0.39, 0.29) is 0 Å². The van der Waals surface area contributed by atoms with E-state index in [9.17, 15) is 0 Å². The minimum atomic E-state index is 0.962. The number of nitrogens with zero attached hydrogens (tertiary/aromatic N) is 1. The van der Waals surface area contributed by atoms with Crippen molar-refractivity contribution in [2.45, 2.75) is 13.3 Å². The molecule has 1 heteroatoms. The van der Waals surface area contributed by atoms with Crippen LogP contribution in [0.1, 0.15) is 16.7 Å². The quantitative estimate of drug-likeness (QED) is 0.268. The van der Waals surface area contributed by atoms with Gasteiger partial charge in [0.25, 0.3) is 0 Å². The molecule has 0 bridgehead atoms. The van der Waals surface area contributed by atoms with Gasteiger partial charge in [-0.25, -0.2) is 0 Å². The highest BCUT2D eigenvalue weighted by Crippen LogP contribution is 2.35. The van der Waals surface area contributed by atoms with E-state index in [4.69, 9.17) is 0 Å². The van der Waals surface area contributed by atoms with Gasteiger partial charge in [-0.3, -0.25) is 0 Å². The molecule has 0 radical (unpaired) electrons. The Morgan fingerprint density at radius 2 is 1.15 bits per heavy atom. The predicted molar refractivity (Wildman–Crippen MR) is 140 cm³/mol. The Balaban J connectivity index is 1.43. The predicted octanol–water partition coefficient (Wildman–Crippen LogP) is 8.35. The zero-order valence-corrected chi connectivity index (χ0v) is 18.7. The monoisotopic (exact) mass is 423 g/mol. The second-order valence-electron chi connectivity index (χ2n) is 8.78. The van der Waals surface area contributed by atoms with Gasteiger partial charge in [-0.1, -0.05) is 96.6 Å². The number of hydrogen-bond acceptors (Lipinski definition) is 0. The van der Waals surface area contributed by atoms with Gasteiger partial charge >= 0.3 is 0 Å². The smallest absolute Gasteiger partial charge is 0.0541 e. The highest BCUT2D eigenvalue weighted by molar-refractivity contribution is 6.10. The lowest BCUT2D eigenvalue weighted by Gasteiger charge is -2.09. The summed E-state index contributed by atoms with van der Waals surface area (Å²) in [5, 5.41) is 2.58. The van der Waals surface area contributed by atoms with Crippen molar-refractivity contribution in [1.29, 1.82) is 0 Å². The minimum Gasteiger partial charge on any atom is -0.309 e. The highest BCUT2D eigenvalue weighted by Gasteiger charge is 2.13. The molecule has 0 aliphatic carbocycles. The SMILES string of the molecule is Cc1ccc(-n2c3ccccc3c3cc(-c4ccc(Cc5ccccc5)cc4)ccc32)cc1. The van der Waals surface area contributed by atoms with Gasteiger partial charge in [-0.15, -0.1) is 0 Å². The maximum absolute atomic E-state index is 2.37. The summed E-state index contributed by atoms with van der Waals surface area (Å²) in [6.07, 6.45) is 0.962. The average molecular weight is 424 g/mol. The minimum absolute atomic E-state index is 0.962. The molecule has 0 N–H and O–H groups in total. The van der Waals surface area contributed by atoms with E-state index in [1.807, 2.05) is 0 Å². The van der Waals surface area contributed by atoms with Crippen LogP contribution < -0.4 is 0 Å². The van der Waals surface area contributed by atoms with Gasteiger partial charge in [-0.2, -0.15) is 0 Å². The molecule has 0 amide bonds. The van der Waals surface area contributed by atoms with Gasteiger partial charge in [-0.05, 0) is 65.9 Å². The number of fused-ring (bicyclic) bond motifs is 3. The van der Waals surface area contributed by atoms with Crippen molar-refractivity contribution in [3.05, 3.63) is 138 Å². The molecule has 1 nitrogen and oxygen atoms in total. The number of benzene rings is 5. The summed E-state index contributed by atoms with van der Waals surface area (Å²) in [4.78, 5) is 0. The van der Waals surface area contributed by atoms with Crippen molar-refractivity contribution in [3.8, 4) is 16.8 Å². The van der Waals surface area contributed by atoms with Crippen molar-refractivity contribution < 1.29 is 0 Å². The van der Waals surface area contributed by atoms with E-state index in [0.29, 0.717) is 0 Å². The third-order valence-corrected chi connectivity index (χ3v) is 6.50. The molecule has 1 aromatic heterocycles. The first kappa shape index (κ1) is 19.6. The van der Waals surface area contributed by atoms with Crippen molar-refractivity contribution in [2.24, 2.45) is 0 Å². The van der Waals surface area contributed by atoms with Crippen LogP contribution in [0.5, 0.6) is 0 Å². The Morgan fingerprint density at radius 1 is 0.515 bits per heavy atom. The molecule has 6 aromatic rings. The average Bonchev–Trinajstić information content (AvgIpc) is 3.19. The van der Waals surface area contributed by atoms with Crippen molar-refractivity contribution in [3.63, 3.8) is 0 Å². The fraction of sp³-hybridized carbons (Fsp3) is 0.0625. The van der Waals surface area contributed by atoms with E-state index in [1.165, 1.54) is 55.3 Å². The molecule has 0 saturated heterocycles. The Labute approximate surface area is 194 Å². The van der Waals surface area contributed by atoms with Crippen LogP contribution in [0, 0.1) is 6.92 Å². The second-order valence-corrected chi connectivity index (χ2v) is 8.78. The number of rotatable bonds is 4. The zero-order chi connectivity index (χ0) is 22.2. The summed E-state index contributed by atoms with van der Waals surface area (Å²) in [6.45, 7) is 2.13. The molecule has 0 fully saturated rings. The Kier molecular flexibility index (Phi) is 4.81. The van der Waals surface area contributed by atoms with E-state index in [1.54, 1.807) is 0 Å². The van der Waals surface area contributed by atoms with Gasteiger partial charge in [0.15, 0.2) is 0 Å². The molecular formula is C32H25N. The largest absolute Gasteiger partial charge is 0.309 e. The molecule has 0 unspecified atom stereocenters. The molecule has 1 heterocycles. The summed E-state index contributed by atoms with van der Waals surface area (Å²) < 4.78 is 2.37. The maximum Gasteiger partial charge on any atom is 0.0541 e. The van der Waals surface area contributed by atoms with E-state index in [0.717, 1.165) is 6.42 Å². The van der Waals surface area contributed by atoms with Gasteiger partial charge in [0.1, 0.15) is 0 Å². The first-order chi connectivity index (χ1) is 16.3. The van der Waals surface area contributed by atoms with Crippen LogP contribution in [-0.2, 0) is 6.42 Å². The molecule has 5 aromatic carbocycles. The zero-order valence-electron chi connectivity index (χ0n) is 18.7. The summed E-state index contributed by atoms with van der Waals surface area (Å²) in [6, 6.07) is 44.0. The van der Waals surface area contributed by atoms with Crippen molar-refractivity contribution in [1.82, 2.24) is 4.57 Å². The van der Waals surface area contributed by atoms with Crippen LogP contribution in [0.3, 0.4) is 0 Å². The normalized spacial score (nSPS) is 11.3. The maximum atomic E-state index is 2.37. The van der Waals surface area contributed by atoms with E-state index in [2.05, 4.69) is 133 Å². The molecule has 33 heavy (non-hydrogen) atoms. The summed E-state index contributed by atoms with van der Waals surface area (Å²) in [5.41, 5.74) is 10.1. The first-order valence-corrected chi connectivity index (χ1v) is 11.5. The summed E-state index contributed by atoms with van der Waals surface area (Å²) >= 11 is 0. The Bertz CT molecular complexity index is 1550. The third-order valence-electron chi connectivity index (χ3n) is 6.50. The number of aryl methyl sites for hydroxylation is 1. The first-order valence-electron chi connectivity index (χ1n) is 11.5. The Morgan fingerprint density at radius 3 is 1.94 bits per heavy atom. The molecular weight excluding hydrogens is 398 g/mol. The van der Waals surface area contributed by atoms with Crippen LogP contribution in [0.15, 0.2) is 121 Å². The topological polar surface area (TPSA) is 4.93 Å². The number of para-hydroxylation sites is 1. The number of aromatic nitrogens is 1. The van der Waals surface area contributed by atoms with Gasteiger partial charge in [0, 0.05) is 16.5 Å². The van der Waals surface area contributed by atoms with E-state index >= 15 is 0 Å². The molecule has 6 rings (SSSR count).